The Morgan fingerprint density at radius 3 is 2.28 bits per heavy atom. The maximum Gasteiger partial charge on any atom is 0.302 e. The van der Waals surface area contributed by atoms with Crippen LogP contribution in [0.25, 0.3) is 11.1 Å². The summed E-state index contributed by atoms with van der Waals surface area (Å²) < 4.78 is 34.2. The number of hydrogen-bond acceptors (Lipinski definition) is 3. The Bertz CT molecular complexity index is 835. The van der Waals surface area contributed by atoms with E-state index >= 15 is 0 Å². The number of likely N-dealkylation sites (tertiary alicyclic amines) is 1. The summed E-state index contributed by atoms with van der Waals surface area (Å²) in [6.45, 7) is 0.830. The Morgan fingerprint density at radius 1 is 1.00 bits per heavy atom. The Labute approximate surface area is 147 Å². The van der Waals surface area contributed by atoms with Crippen LogP contribution in [-0.2, 0) is 21.4 Å². The predicted octanol–water partition coefficient (Wildman–Crippen LogP) is 3.04. The van der Waals surface area contributed by atoms with Gasteiger partial charge in [0.2, 0.25) is 5.91 Å². The van der Waals surface area contributed by atoms with Gasteiger partial charge in [0.05, 0.1) is 5.75 Å². The van der Waals surface area contributed by atoms with Crippen LogP contribution < -0.4 is 0 Å². The van der Waals surface area contributed by atoms with Gasteiger partial charge in [0.1, 0.15) is 0 Å². The molecule has 0 N–H and O–H groups in total. The summed E-state index contributed by atoms with van der Waals surface area (Å²) in [6.07, 6.45) is 0.798. The minimum absolute atomic E-state index is 0.102. The highest BCUT2D eigenvalue weighted by molar-refractivity contribution is 7.86. The molecule has 2 aromatic carbocycles. The van der Waals surface area contributed by atoms with Crippen LogP contribution in [0.3, 0.4) is 0 Å². The van der Waals surface area contributed by atoms with Gasteiger partial charge < -0.3 is 4.90 Å². The second-order valence-electron chi connectivity index (χ2n) is 6.43. The highest BCUT2D eigenvalue weighted by Crippen LogP contribution is 2.22. The van der Waals surface area contributed by atoms with Gasteiger partial charge in [-0.1, -0.05) is 54.6 Å². The van der Waals surface area contributed by atoms with Gasteiger partial charge in [-0.2, -0.15) is 8.42 Å². The van der Waals surface area contributed by atoms with Gasteiger partial charge in [0.25, 0.3) is 0 Å². The van der Waals surface area contributed by atoms with Crippen molar-refractivity contribution in [2.75, 3.05) is 18.8 Å². The molecule has 0 radical (unpaired) electrons. The molecule has 1 aliphatic rings. The van der Waals surface area contributed by atoms with E-state index in [0.717, 1.165) is 16.7 Å². The van der Waals surface area contributed by atoms with Gasteiger partial charge in [-0.15, -0.1) is 3.89 Å². The largest absolute Gasteiger partial charge is 0.342 e. The molecule has 1 atom stereocenters. The van der Waals surface area contributed by atoms with Crippen molar-refractivity contribution in [1.29, 1.82) is 0 Å². The van der Waals surface area contributed by atoms with Gasteiger partial charge in [0.15, 0.2) is 0 Å². The molecule has 0 spiro atoms. The number of halogens is 1. The number of carbonyl (C=O) groups excluding carboxylic acids is 1. The molecular weight excluding hydrogens is 341 g/mol. The first-order chi connectivity index (χ1) is 11.9. The average molecular weight is 361 g/mol. The number of carbonyl (C=O) groups is 1. The first-order valence-corrected chi connectivity index (χ1v) is 9.80. The lowest BCUT2D eigenvalue weighted by Gasteiger charge is -2.16. The van der Waals surface area contributed by atoms with Crippen LogP contribution in [0.15, 0.2) is 54.6 Å². The molecule has 25 heavy (non-hydrogen) atoms. The summed E-state index contributed by atoms with van der Waals surface area (Å²) in [6, 6.07) is 18.2. The fourth-order valence-corrected chi connectivity index (χ4v) is 4.01. The van der Waals surface area contributed by atoms with Gasteiger partial charge in [0, 0.05) is 25.4 Å². The van der Waals surface area contributed by atoms with E-state index in [1.807, 2.05) is 30.3 Å². The molecule has 0 aromatic heterocycles. The standard InChI is InChI=1S/C19H20FNO3S/c20-25(23,24)14-16-12-19(22)21(13-16)11-10-15-6-8-18(9-7-15)17-4-2-1-3-5-17/h1-9,16H,10-14H2. The minimum atomic E-state index is -4.53. The number of amides is 1. The molecule has 1 aliphatic heterocycles. The van der Waals surface area contributed by atoms with Crippen LogP contribution in [0, 0.1) is 5.92 Å². The highest BCUT2D eigenvalue weighted by Gasteiger charge is 2.32. The molecular formula is C19H20FNO3S. The summed E-state index contributed by atoms with van der Waals surface area (Å²) in [5.74, 6) is -1.11. The van der Waals surface area contributed by atoms with E-state index in [9.17, 15) is 17.1 Å². The summed E-state index contributed by atoms with van der Waals surface area (Å²) in [7, 11) is -4.53. The highest BCUT2D eigenvalue weighted by atomic mass is 32.3. The first-order valence-electron chi connectivity index (χ1n) is 8.25. The molecule has 1 fully saturated rings. The second-order valence-corrected chi connectivity index (χ2v) is 7.84. The third kappa shape index (κ3) is 4.89. The van der Waals surface area contributed by atoms with Gasteiger partial charge >= 0.3 is 10.2 Å². The van der Waals surface area contributed by atoms with Crippen molar-refractivity contribution in [2.24, 2.45) is 5.92 Å². The fourth-order valence-electron chi connectivity index (χ4n) is 3.22. The van der Waals surface area contributed by atoms with Crippen LogP contribution in [0.2, 0.25) is 0 Å². The Kier molecular flexibility index (Phi) is 5.18. The van der Waals surface area contributed by atoms with E-state index in [4.69, 9.17) is 0 Å². The SMILES string of the molecule is O=C1CC(CS(=O)(=O)F)CN1CCc1ccc(-c2ccccc2)cc1. The number of benzene rings is 2. The molecule has 0 bridgehead atoms. The zero-order valence-corrected chi connectivity index (χ0v) is 14.6. The van der Waals surface area contributed by atoms with Crippen molar-refractivity contribution in [3.8, 4) is 11.1 Å². The van der Waals surface area contributed by atoms with E-state index in [2.05, 4.69) is 24.3 Å². The molecule has 0 aliphatic carbocycles. The van der Waals surface area contributed by atoms with Crippen molar-refractivity contribution in [2.45, 2.75) is 12.8 Å². The van der Waals surface area contributed by atoms with Gasteiger partial charge in [-0.05, 0) is 23.1 Å². The number of hydrogen-bond donors (Lipinski definition) is 0. The zero-order valence-electron chi connectivity index (χ0n) is 13.8. The van der Waals surface area contributed by atoms with Crippen LogP contribution >= 0.6 is 0 Å². The third-order valence-corrected chi connectivity index (χ3v) is 5.33. The summed E-state index contributed by atoms with van der Waals surface area (Å²) in [4.78, 5) is 13.6. The normalized spacial score (nSPS) is 17.9. The van der Waals surface area contributed by atoms with E-state index in [1.54, 1.807) is 4.90 Å². The van der Waals surface area contributed by atoms with Crippen molar-refractivity contribution >= 4 is 16.1 Å². The van der Waals surface area contributed by atoms with Crippen LogP contribution in [0.1, 0.15) is 12.0 Å². The van der Waals surface area contributed by atoms with Gasteiger partial charge in [-0.3, -0.25) is 4.79 Å². The quantitative estimate of drug-likeness (QED) is 0.743. The predicted molar refractivity (Wildman–Crippen MR) is 95.2 cm³/mol. The van der Waals surface area contributed by atoms with Crippen molar-refractivity contribution < 1.29 is 17.1 Å². The molecule has 6 heteroatoms. The van der Waals surface area contributed by atoms with E-state index < -0.39 is 21.9 Å². The molecule has 1 heterocycles. The Balaban J connectivity index is 1.56. The fraction of sp³-hybridized carbons (Fsp3) is 0.316. The van der Waals surface area contributed by atoms with Crippen molar-refractivity contribution in [3.05, 3.63) is 60.2 Å². The summed E-state index contributed by atoms with van der Waals surface area (Å²) in [5, 5.41) is 0. The smallest absolute Gasteiger partial charge is 0.302 e. The van der Waals surface area contributed by atoms with Crippen molar-refractivity contribution in [3.63, 3.8) is 0 Å². The topological polar surface area (TPSA) is 54.5 Å². The van der Waals surface area contributed by atoms with Crippen LogP contribution in [0.5, 0.6) is 0 Å². The molecule has 4 nitrogen and oxygen atoms in total. The Hall–Kier alpha value is -2.21. The molecule has 1 amide bonds. The van der Waals surface area contributed by atoms with Crippen LogP contribution in [-0.4, -0.2) is 38.1 Å². The lowest BCUT2D eigenvalue weighted by molar-refractivity contribution is -0.127. The minimum Gasteiger partial charge on any atom is -0.342 e. The van der Waals surface area contributed by atoms with E-state index in [0.29, 0.717) is 19.5 Å². The van der Waals surface area contributed by atoms with E-state index in [-0.39, 0.29) is 12.3 Å². The molecule has 3 rings (SSSR count). The van der Waals surface area contributed by atoms with Crippen LogP contribution in [0.4, 0.5) is 3.89 Å². The lowest BCUT2D eigenvalue weighted by Crippen LogP contribution is -2.28. The monoisotopic (exact) mass is 361 g/mol. The van der Waals surface area contributed by atoms with E-state index in [1.165, 1.54) is 0 Å². The maximum absolute atomic E-state index is 12.8. The summed E-state index contributed by atoms with van der Waals surface area (Å²) >= 11 is 0. The molecule has 2 aromatic rings. The molecule has 1 unspecified atom stereocenters. The maximum atomic E-state index is 12.8. The average Bonchev–Trinajstić information content (AvgIpc) is 2.91. The molecule has 0 saturated carbocycles. The summed E-state index contributed by atoms with van der Waals surface area (Å²) in [5.41, 5.74) is 3.39. The van der Waals surface area contributed by atoms with Gasteiger partial charge in [-0.25, -0.2) is 0 Å². The third-order valence-electron chi connectivity index (χ3n) is 4.46. The molecule has 1 saturated heterocycles. The van der Waals surface area contributed by atoms with Crippen molar-refractivity contribution in [1.82, 2.24) is 4.90 Å². The lowest BCUT2D eigenvalue weighted by atomic mass is 10.0. The zero-order chi connectivity index (χ0) is 17.9. The molecule has 132 valence electrons. The first kappa shape index (κ1) is 17.6. The number of rotatable bonds is 6. The Morgan fingerprint density at radius 2 is 1.64 bits per heavy atom. The second kappa shape index (κ2) is 7.35. The number of nitrogens with zero attached hydrogens (tertiary/aromatic N) is 1.